The summed E-state index contributed by atoms with van der Waals surface area (Å²) >= 11 is 0. The summed E-state index contributed by atoms with van der Waals surface area (Å²) in [7, 11) is 0. The molecule has 1 aromatic heterocycles. The second kappa shape index (κ2) is 4.45. The molecule has 1 aliphatic rings. The molecule has 1 aromatic rings. The van der Waals surface area contributed by atoms with E-state index in [1.807, 2.05) is 10.8 Å². The lowest BCUT2D eigenvalue weighted by Gasteiger charge is -2.35. The van der Waals surface area contributed by atoms with Gasteiger partial charge in [-0.3, -0.25) is 4.79 Å². The van der Waals surface area contributed by atoms with Gasteiger partial charge in [0.05, 0.1) is 5.69 Å². The van der Waals surface area contributed by atoms with Crippen molar-refractivity contribution in [2.45, 2.75) is 52.5 Å². The number of hydrogen-bond acceptors (Lipinski definition) is 2. The molecule has 0 aliphatic carbocycles. The Morgan fingerprint density at radius 1 is 1.22 bits per heavy atom. The molecule has 2 heterocycles. The van der Waals surface area contributed by atoms with Gasteiger partial charge < -0.3 is 9.47 Å². The summed E-state index contributed by atoms with van der Waals surface area (Å²) in [4.78, 5) is 14.8. The van der Waals surface area contributed by atoms with E-state index in [9.17, 15) is 4.79 Å². The molecule has 2 rings (SSSR count). The highest BCUT2D eigenvalue weighted by Crippen LogP contribution is 2.26. The topological polar surface area (TPSA) is 25.2 Å². The Labute approximate surface area is 109 Å². The van der Waals surface area contributed by atoms with Crippen molar-refractivity contribution >= 4 is 5.69 Å². The normalized spacial score (nSPS) is 16.0. The molecule has 0 spiro atoms. The Bertz CT molecular complexity index is 490. The quantitative estimate of drug-likeness (QED) is 0.804. The zero-order valence-electron chi connectivity index (χ0n) is 12.2. The van der Waals surface area contributed by atoms with Crippen molar-refractivity contribution in [3.63, 3.8) is 0 Å². The van der Waals surface area contributed by atoms with Crippen molar-refractivity contribution in [1.82, 2.24) is 4.57 Å². The highest BCUT2D eigenvalue weighted by atomic mass is 16.1. The van der Waals surface area contributed by atoms with Gasteiger partial charge >= 0.3 is 0 Å². The van der Waals surface area contributed by atoms with Crippen LogP contribution in [0.1, 0.15) is 52.6 Å². The first kappa shape index (κ1) is 13.2. The van der Waals surface area contributed by atoms with E-state index in [2.05, 4.69) is 45.6 Å². The van der Waals surface area contributed by atoms with Crippen LogP contribution in [0.15, 0.2) is 17.1 Å². The molecule has 1 saturated heterocycles. The maximum absolute atomic E-state index is 12.5. The summed E-state index contributed by atoms with van der Waals surface area (Å²) < 4.78 is 1.87. The monoisotopic (exact) mass is 248 g/mol. The van der Waals surface area contributed by atoms with E-state index in [0.717, 1.165) is 18.7 Å². The molecular formula is C15H24N2O. The van der Waals surface area contributed by atoms with Crippen molar-refractivity contribution in [2.75, 3.05) is 18.0 Å². The molecule has 1 fully saturated rings. The summed E-state index contributed by atoms with van der Waals surface area (Å²) in [6.45, 7) is 12.7. The molecule has 1 aliphatic heterocycles. The molecule has 3 nitrogen and oxygen atoms in total. The predicted molar refractivity (Wildman–Crippen MR) is 76.6 cm³/mol. The summed E-state index contributed by atoms with van der Waals surface area (Å²) in [6.07, 6.45) is 3.27. The molecule has 0 amide bonds. The average molecular weight is 248 g/mol. The Balaban J connectivity index is 2.57. The fourth-order valence-corrected chi connectivity index (χ4v) is 2.26. The van der Waals surface area contributed by atoms with E-state index in [1.165, 1.54) is 12.1 Å². The first-order valence-electron chi connectivity index (χ1n) is 6.82. The molecule has 0 atom stereocenters. The Morgan fingerprint density at radius 3 is 2.22 bits per heavy atom. The van der Waals surface area contributed by atoms with Crippen molar-refractivity contribution in [2.24, 2.45) is 0 Å². The largest absolute Gasteiger partial charge is 0.370 e. The van der Waals surface area contributed by atoms with E-state index in [-0.39, 0.29) is 17.0 Å². The van der Waals surface area contributed by atoms with Crippen LogP contribution in [-0.4, -0.2) is 17.7 Å². The van der Waals surface area contributed by atoms with E-state index < -0.39 is 0 Å². The highest BCUT2D eigenvalue weighted by molar-refractivity contribution is 5.49. The van der Waals surface area contributed by atoms with Gasteiger partial charge in [-0.15, -0.1) is 0 Å². The molecule has 0 N–H and O–H groups in total. The lowest BCUT2D eigenvalue weighted by Crippen LogP contribution is -2.39. The smallest absolute Gasteiger partial charge is 0.254 e. The molecule has 0 radical (unpaired) electrons. The van der Waals surface area contributed by atoms with Gasteiger partial charge in [0, 0.05) is 30.9 Å². The van der Waals surface area contributed by atoms with Crippen LogP contribution in [0.3, 0.4) is 0 Å². The third-order valence-corrected chi connectivity index (χ3v) is 3.61. The number of hydrogen-bond donors (Lipinski definition) is 0. The Morgan fingerprint density at radius 2 is 1.83 bits per heavy atom. The lowest BCUT2D eigenvalue weighted by molar-refractivity contribution is 0.527. The van der Waals surface area contributed by atoms with Gasteiger partial charge in [-0.1, -0.05) is 20.8 Å². The maximum atomic E-state index is 12.5. The van der Waals surface area contributed by atoms with Crippen LogP contribution in [0.25, 0.3) is 0 Å². The van der Waals surface area contributed by atoms with Crippen LogP contribution in [-0.2, 0) is 5.41 Å². The number of pyridine rings is 1. The summed E-state index contributed by atoms with van der Waals surface area (Å²) in [5, 5.41) is 0. The molecule has 18 heavy (non-hydrogen) atoms. The van der Waals surface area contributed by atoms with Crippen molar-refractivity contribution in [3.8, 4) is 0 Å². The van der Waals surface area contributed by atoms with E-state index in [1.54, 1.807) is 0 Å². The molecule has 0 aromatic carbocycles. The van der Waals surface area contributed by atoms with Crippen LogP contribution in [0, 0.1) is 0 Å². The van der Waals surface area contributed by atoms with E-state index >= 15 is 0 Å². The molecule has 0 unspecified atom stereocenters. The van der Waals surface area contributed by atoms with Crippen LogP contribution >= 0.6 is 0 Å². The Hall–Kier alpha value is -1.25. The average Bonchev–Trinajstić information content (AvgIpc) is 2.15. The third-order valence-electron chi connectivity index (χ3n) is 3.61. The summed E-state index contributed by atoms with van der Waals surface area (Å²) in [6, 6.07) is 2.29. The fraction of sp³-hybridized carbons (Fsp3) is 0.667. The summed E-state index contributed by atoms with van der Waals surface area (Å²) in [5.74, 6) is 0. The van der Waals surface area contributed by atoms with Crippen molar-refractivity contribution in [1.29, 1.82) is 0 Å². The van der Waals surface area contributed by atoms with Crippen molar-refractivity contribution < 1.29 is 0 Å². The summed E-state index contributed by atoms with van der Waals surface area (Å²) in [5.41, 5.74) is 2.16. The minimum Gasteiger partial charge on any atom is -0.370 e. The highest BCUT2D eigenvalue weighted by Gasteiger charge is 2.23. The minimum absolute atomic E-state index is 0.103. The number of nitrogens with zero attached hydrogens (tertiary/aromatic N) is 2. The minimum atomic E-state index is -0.103. The van der Waals surface area contributed by atoms with Crippen LogP contribution in [0.5, 0.6) is 0 Å². The third kappa shape index (κ3) is 2.31. The van der Waals surface area contributed by atoms with Gasteiger partial charge in [0.1, 0.15) is 0 Å². The zero-order chi connectivity index (χ0) is 13.5. The molecule has 3 heteroatoms. The Kier molecular flexibility index (Phi) is 3.26. The van der Waals surface area contributed by atoms with Gasteiger partial charge in [0.15, 0.2) is 0 Å². The van der Waals surface area contributed by atoms with Gasteiger partial charge in [0.2, 0.25) is 0 Å². The first-order valence-corrected chi connectivity index (χ1v) is 6.82. The standard InChI is InChI=1S/C15H24N2O/c1-11(2)17-10-12(16-7-6-8-16)9-13(14(17)18)15(3,4)5/h9-11H,6-8H2,1-5H3. The fourth-order valence-electron chi connectivity index (χ4n) is 2.26. The molecular weight excluding hydrogens is 224 g/mol. The van der Waals surface area contributed by atoms with Crippen LogP contribution in [0.2, 0.25) is 0 Å². The van der Waals surface area contributed by atoms with Gasteiger partial charge in [-0.25, -0.2) is 0 Å². The molecule has 0 bridgehead atoms. The first-order chi connectivity index (χ1) is 8.30. The molecule has 100 valence electrons. The second-order valence-electron chi connectivity index (χ2n) is 6.51. The maximum Gasteiger partial charge on any atom is 0.254 e. The number of anilines is 1. The van der Waals surface area contributed by atoms with Gasteiger partial charge in [-0.2, -0.15) is 0 Å². The van der Waals surface area contributed by atoms with Crippen LogP contribution < -0.4 is 10.5 Å². The zero-order valence-corrected chi connectivity index (χ0v) is 12.2. The van der Waals surface area contributed by atoms with Gasteiger partial charge in [0.25, 0.3) is 5.56 Å². The van der Waals surface area contributed by atoms with Gasteiger partial charge in [-0.05, 0) is 31.7 Å². The van der Waals surface area contributed by atoms with E-state index in [0.29, 0.717) is 0 Å². The lowest BCUT2D eigenvalue weighted by atomic mass is 9.87. The number of aromatic nitrogens is 1. The van der Waals surface area contributed by atoms with E-state index in [4.69, 9.17) is 0 Å². The second-order valence-corrected chi connectivity index (χ2v) is 6.51. The predicted octanol–water partition coefficient (Wildman–Crippen LogP) is 2.94. The molecule has 0 saturated carbocycles. The number of rotatable bonds is 2. The SMILES string of the molecule is CC(C)n1cc(N2CCC2)cc(C(C)(C)C)c1=O. The van der Waals surface area contributed by atoms with Crippen molar-refractivity contribution in [3.05, 3.63) is 28.2 Å². The van der Waals surface area contributed by atoms with Crippen LogP contribution in [0.4, 0.5) is 5.69 Å².